The topological polar surface area (TPSA) is 45.7 Å². The van der Waals surface area contributed by atoms with Crippen molar-refractivity contribution in [3.8, 4) is 0 Å². The predicted octanol–water partition coefficient (Wildman–Crippen LogP) is 0.786. The van der Waals surface area contributed by atoms with Gasteiger partial charge in [-0.15, -0.1) is 0 Å². The normalized spacial score (nSPS) is 20.7. The molecule has 1 aliphatic heterocycles. The maximum absolute atomic E-state index is 11.7. The fourth-order valence-corrected chi connectivity index (χ4v) is 1.94. The van der Waals surface area contributed by atoms with Crippen LogP contribution in [0.15, 0.2) is 18.3 Å². The number of carbonyl (C=O) groups is 1. The van der Waals surface area contributed by atoms with E-state index in [9.17, 15) is 4.79 Å². The smallest absolute Gasteiger partial charge is 0.254 e. The summed E-state index contributed by atoms with van der Waals surface area (Å²) in [6, 6.07) is 3.68. The molecule has 2 rings (SSSR count). The molecule has 0 radical (unpaired) electrons. The van der Waals surface area contributed by atoms with E-state index in [0.717, 1.165) is 25.4 Å². The minimum absolute atomic E-state index is 0.00672. The number of rotatable bonds is 2. The summed E-state index contributed by atoms with van der Waals surface area (Å²) in [5.74, 6) is -0.0317. The third-order valence-electron chi connectivity index (χ3n) is 3.04. The van der Waals surface area contributed by atoms with E-state index in [-0.39, 0.29) is 12.0 Å². The zero-order valence-electron chi connectivity index (χ0n) is 11.1. The lowest BCUT2D eigenvalue weighted by Gasteiger charge is -2.29. The van der Waals surface area contributed by atoms with Gasteiger partial charge < -0.3 is 14.5 Å². The zero-order chi connectivity index (χ0) is 13.1. The van der Waals surface area contributed by atoms with Crippen molar-refractivity contribution in [2.45, 2.75) is 6.10 Å². The molecule has 1 unspecified atom stereocenters. The molecule has 1 aliphatic rings. The molecule has 1 amide bonds. The number of ether oxygens (including phenoxy) is 1. The highest BCUT2D eigenvalue weighted by Gasteiger charge is 2.20. The van der Waals surface area contributed by atoms with Crippen LogP contribution < -0.4 is 0 Å². The van der Waals surface area contributed by atoms with Gasteiger partial charge in [-0.1, -0.05) is 0 Å². The third kappa shape index (κ3) is 2.86. The van der Waals surface area contributed by atoms with Crippen LogP contribution in [-0.4, -0.2) is 61.5 Å². The lowest BCUT2D eigenvalue weighted by molar-refractivity contribution is -0.0231. The van der Waals surface area contributed by atoms with Gasteiger partial charge in [-0.3, -0.25) is 9.78 Å². The van der Waals surface area contributed by atoms with Gasteiger partial charge in [0.05, 0.1) is 17.9 Å². The fourth-order valence-electron chi connectivity index (χ4n) is 1.94. The van der Waals surface area contributed by atoms with Crippen molar-refractivity contribution < 1.29 is 9.53 Å². The van der Waals surface area contributed by atoms with Crippen LogP contribution in [0.1, 0.15) is 22.2 Å². The molecule has 5 heteroatoms. The Morgan fingerprint density at radius 1 is 1.50 bits per heavy atom. The molecule has 0 aliphatic carbocycles. The lowest BCUT2D eigenvalue weighted by atomic mass is 10.1. The maximum atomic E-state index is 11.7. The van der Waals surface area contributed by atoms with Crippen molar-refractivity contribution in [1.82, 2.24) is 14.8 Å². The Bertz CT molecular complexity index is 417. The summed E-state index contributed by atoms with van der Waals surface area (Å²) >= 11 is 0. The number of hydrogen-bond donors (Lipinski definition) is 0. The van der Waals surface area contributed by atoms with E-state index in [2.05, 4.69) is 16.9 Å². The van der Waals surface area contributed by atoms with Gasteiger partial charge in [0.25, 0.3) is 5.91 Å². The number of likely N-dealkylation sites (N-methyl/N-ethyl adjacent to an activating group) is 1. The Morgan fingerprint density at radius 3 is 2.83 bits per heavy atom. The summed E-state index contributed by atoms with van der Waals surface area (Å²) < 4.78 is 5.68. The highest BCUT2D eigenvalue weighted by atomic mass is 16.5. The number of pyridine rings is 1. The first kappa shape index (κ1) is 13.0. The number of aromatic nitrogens is 1. The standard InChI is InChI=1S/C13H19N3O2/c1-15(2)13(17)10-4-5-11(14-8-10)12-9-16(3)6-7-18-12/h4-5,8,12H,6-7,9H2,1-3H3. The Labute approximate surface area is 107 Å². The molecule has 1 aromatic heterocycles. The van der Waals surface area contributed by atoms with E-state index in [1.807, 2.05) is 12.1 Å². The van der Waals surface area contributed by atoms with Crippen LogP contribution in [0, 0.1) is 0 Å². The van der Waals surface area contributed by atoms with E-state index in [4.69, 9.17) is 4.74 Å². The molecule has 0 aromatic carbocycles. The molecular formula is C13H19N3O2. The Hall–Kier alpha value is -1.46. The number of nitrogens with zero attached hydrogens (tertiary/aromatic N) is 3. The van der Waals surface area contributed by atoms with Crippen LogP contribution in [0.2, 0.25) is 0 Å². The molecule has 5 nitrogen and oxygen atoms in total. The molecular weight excluding hydrogens is 230 g/mol. The molecule has 0 saturated carbocycles. The summed E-state index contributed by atoms with van der Waals surface area (Å²) in [4.78, 5) is 19.8. The maximum Gasteiger partial charge on any atom is 0.254 e. The monoisotopic (exact) mass is 249 g/mol. The largest absolute Gasteiger partial charge is 0.369 e. The van der Waals surface area contributed by atoms with Crippen molar-refractivity contribution in [3.05, 3.63) is 29.6 Å². The van der Waals surface area contributed by atoms with Crippen molar-refractivity contribution in [3.63, 3.8) is 0 Å². The molecule has 2 heterocycles. The molecule has 0 spiro atoms. The fraction of sp³-hybridized carbons (Fsp3) is 0.538. The van der Waals surface area contributed by atoms with Crippen LogP contribution in [0.5, 0.6) is 0 Å². The van der Waals surface area contributed by atoms with Crippen LogP contribution in [0.3, 0.4) is 0 Å². The second kappa shape index (κ2) is 5.46. The van der Waals surface area contributed by atoms with Crippen molar-refractivity contribution in [2.75, 3.05) is 40.8 Å². The molecule has 1 fully saturated rings. The number of amides is 1. The van der Waals surface area contributed by atoms with Gasteiger partial charge in [0.1, 0.15) is 6.10 Å². The minimum atomic E-state index is -0.0317. The van der Waals surface area contributed by atoms with E-state index >= 15 is 0 Å². The molecule has 1 aromatic rings. The molecule has 0 bridgehead atoms. The van der Waals surface area contributed by atoms with Gasteiger partial charge in [0, 0.05) is 33.4 Å². The first-order valence-corrected chi connectivity index (χ1v) is 6.05. The molecule has 1 saturated heterocycles. The predicted molar refractivity (Wildman–Crippen MR) is 68.4 cm³/mol. The number of carbonyl (C=O) groups excluding carboxylic acids is 1. The van der Waals surface area contributed by atoms with Crippen LogP contribution in [-0.2, 0) is 4.74 Å². The zero-order valence-corrected chi connectivity index (χ0v) is 11.1. The van der Waals surface area contributed by atoms with E-state index in [1.54, 1.807) is 25.2 Å². The number of hydrogen-bond acceptors (Lipinski definition) is 4. The van der Waals surface area contributed by atoms with Crippen molar-refractivity contribution in [2.24, 2.45) is 0 Å². The minimum Gasteiger partial charge on any atom is -0.369 e. The summed E-state index contributed by atoms with van der Waals surface area (Å²) in [5, 5.41) is 0. The van der Waals surface area contributed by atoms with Gasteiger partial charge in [0.15, 0.2) is 0 Å². The first-order valence-electron chi connectivity index (χ1n) is 6.05. The Kier molecular flexibility index (Phi) is 3.93. The van der Waals surface area contributed by atoms with Gasteiger partial charge in [0.2, 0.25) is 0 Å². The van der Waals surface area contributed by atoms with E-state index in [0.29, 0.717) is 5.56 Å². The van der Waals surface area contributed by atoms with Crippen molar-refractivity contribution in [1.29, 1.82) is 0 Å². The quantitative estimate of drug-likeness (QED) is 0.777. The average molecular weight is 249 g/mol. The van der Waals surface area contributed by atoms with Gasteiger partial charge in [-0.05, 0) is 19.2 Å². The first-order chi connectivity index (χ1) is 8.58. The third-order valence-corrected chi connectivity index (χ3v) is 3.04. The average Bonchev–Trinajstić information content (AvgIpc) is 2.38. The van der Waals surface area contributed by atoms with Crippen LogP contribution in [0.25, 0.3) is 0 Å². The molecule has 98 valence electrons. The van der Waals surface area contributed by atoms with E-state index < -0.39 is 0 Å². The lowest BCUT2D eigenvalue weighted by Crippen LogP contribution is -2.35. The SMILES string of the molecule is CN1CCOC(c2ccc(C(=O)N(C)C)cn2)C1. The second-order valence-electron chi connectivity index (χ2n) is 4.79. The second-order valence-corrected chi connectivity index (χ2v) is 4.79. The van der Waals surface area contributed by atoms with Gasteiger partial charge in [-0.2, -0.15) is 0 Å². The Balaban J connectivity index is 2.10. The molecule has 1 atom stereocenters. The van der Waals surface area contributed by atoms with Gasteiger partial charge in [-0.25, -0.2) is 0 Å². The summed E-state index contributed by atoms with van der Waals surface area (Å²) in [6.07, 6.45) is 1.63. The van der Waals surface area contributed by atoms with Crippen molar-refractivity contribution >= 4 is 5.91 Å². The highest BCUT2D eigenvalue weighted by molar-refractivity contribution is 5.93. The van der Waals surface area contributed by atoms with Crippen LogP contribution in [0.4, 0.5) is 0 Å². The summed E-state index contributed by atoms with van der Waals surface area (Å²) in [6.45, 7) is 2.52. The highest BCUT2D eigenvalue weighted by Crippen LogP contribution is 2.19. The van der Waals surface area contributed by atoms with Crippen LogP contribution >= 0.6 is 0 Å². The molecule has 18 heavy (non-hydrogen) atoms. The number of morpholine rings is 1. The summed E-state index contributed by atoms with van der Waals surface area (Å²) in [7, 11) is 5.53. The summed E-state index contributed by atoms with van der Waals surface area (Å²) in [5.41, 5.74) is 1.49. The Morgan fingerprint density at radius 2 is 2.28 bits per heavy atom. The van der Waals surface area contributed by atoms with E-state index in [1.165, 1.54) is 0 Å². The van der Waals surface area contributed by atoms with Gasteiger partial charge >= 0.3 is 0 Å². The molecule has 0 N–H and O–H groups in total.